The minimum absolute atomic E-state index is 0.443. The van der Waals surface area contributed by atoms with Crippen LogP contribution in [0.1, 0.15) is 31.9 Å². The van der Waals surface area contributed by atoms with Crippen LogP contribution in [-0.2, 0) is 11.3 Å². The van der Waals surface area contributed by atoms with Gasteiger partial charge in [-0.3, -0.25) is 0 Å². The highest BCUT2D eigenvalue weighted by Gasteiger charge is 2.07. The molecule has 0 aliphatic rings. The third kappa shape index (κ3) is 4.95. The third-order valence-electron chi connectivity index (χ3n) is 2.41. The molecule has 0 spiro atoms. The number of ether oxygens (including phenoxy) is 1. The second-order valence-electron chi connectivity index (χ2n) is 3.75. The number of aromatic nitrogens is 2. The van der Waals surface area contributed by atoms with Crippen molar-refractivity contribution >= 4 is 0 Å². The summed E-state index contributed by atoms with van der Waals surface area (Å²) < 4.78 is 5.18. The summed E-state index contributed by atoms with van der Waals surface area (Å²) in [6.45, 7) is 3.81. The lowest BCUT2D eigenvalue weighted by molar-refractivity contribution is 0.160. The summed E-state index contributed by atoms with van der Waals surface area (Å²) in [5, 5.41) is 3.46. The zero-order valence-electron chi connectivity index (χ0n) is 9.62. The molecule has 0 aliphatic heterocycles. The number of aromatic amines is 1. The highest BCUT2D eigenvalue weighted by atomic mass is 16.5. The fraction of sp³-hybridized carbons (Fsp3) is 0.727. The summed E-state index contributed by atoms with van der Waals surface area (Å²) in [5.74, 6) is 0. The quantitative estimate of drug-likeness (QED) is 0.688. The number of imidazole rings is 1. The number of hydrogen-bond donors (Lipinski definition) is 2. The van der Waals surface area contributed by atoms with Gasteiger partial charge in [0, 0.05) is 31.6 Å². The van der Waals surface area contributed by atoms with E-state index in [-0.39, 0.29) is 0 Å². The third-order valence-corrected chi connectivity index (χ3v) is 2.41. The van der Waals surface area contributed by atoms with Crippen LogP contribution >= 0.6 is 0 Å². The molecule has 0 fully saturated rings. The van der Waals surface area contributed by atoms with Crippen LogP contribution in [0, 0.1) is 0 Å². The number of nitrogens with zero attached hydrogens (tertiary/aromatic N) is 1. The van der Waals surface area contributed by atoms with Crippen molar-refractivity contribution in [3.63, 3.8) is 0 Å². The molecule has 1 aromatic rings. The van der Waals surface area contributed by atoms with E-state index in [1.807, 2.05) is 6.20 Å². The molecular weight excluding hydrogens is 190 g/mol. The summed E-state index contributed by atoms with van der Waals surface area (Å²) in [6.07, 6.45) is 7.18. The van der Waals surface area contributed by atoms with Gasteiger partial charge in [-0.2, -0.15) is 0 Å². The molecule has 0 amide bonds. The van der Waals surface area contributed by atoms with E-state index < -0.39 is 0 Å². The summed E-state index contributed by atoms with van der Waals surface area (Å²) >= 11 is 0. The van der Waals surface area contributed by atoms with Crippen LogP contribution in [0.3, 0.4) is 0 Å². The van der Waals surface area contributed by atoms with Crippen molar-refractivity contribution in [3.8, 4) is 0 Å². The van der Waals surface area contributed by atoms with Crippen LogP contribution in [0.25, 0.3) is 0 Å². The van der Waals surface area contributed by atoms with Gasteiger partial charge in [-0.05, 0) is 6.42 Å². The molecule has 1 aromatic heterocycles. The van der Waals surface area contributed by atoms with Gasteiger partial charge in [0.1, 0.15) is 0 Å². The molecule has 1 heterocycles. The molecule has 1 rings (SSSR count). The van der Waals surface area contributed by atoms with Crippen molar-refractivity contribution < 1.29 is 4.74 Å². The number of nitrogens with one attached hydrogen (secondary N) is 2. The van der Waals surface area contributed by atoms with Gasteiger partial charge in [-0.15, -0.1) is 0 Å². The normalized spacial score (nSPS) is 12.9. The van der Waals surface area contributed by atoms with E-state index in [4.69, 9.17) is 4.74 Å². The van der Waals surface area contributed by atoms with E-state index in [0.717, 1.165) is 18.8 Å². The maximum atomic E-state index is 5.18. The number of hydrogen-bond acceptors (Lipinski definition) is 3. The number of unbranched alkanes of at least 4 members (excludes halogenated alkanes) is 1. The van der Waals surface area contributed by atoms with Crippen molar-refractivity contribution in [2.45, 2.75) is 38.8 Å². The van der Waals surface area contributed by atoms with Gasteiger partial charge >= 0.3 is 0 Å². The molecule has 0 bridgehead atoms. The van der Waals surface area contributed by atoms with Crippen LogP contribution in [0.2, 0.25) is 0 Å². The van der Waals surface area contributed by atoms with E-state index in [1.54, 1.807) is 13.4 Å². The molecule has 1 atom stereocenters. The van der Waals surface area contributed by atoms with E-state index in [9.17, 15) is 0 Å². The van der Waals surface area contributed by atoms with E-state index >= 15 is 0 Å². The van der Waals surface area contributed by atoms with Gasteiger partial charge in [-0.25, -0.2) is 4.98 Å². The number of H-pyrrole nitrogens is 1. The molecule has 0 saturated heterocycles. The Morgan fingerprint density at radius 2 is 2.47 bits per heavy atom. The summed E-state index contributed by atoms with van der Waals surface area (Å²) in [6, 6.07) is 0.443. The Kier molecular flexibility index (Phi) is 6.04. The molecule has 15 heavy (non-hydrogen) atoms. The smallest absolute Gasteiger partial charge is 0.0922 e. The van der Waals surface area contributed by atoms with Gasteiger partial charge in [0.15, 0.2) is 0 Å². The lowest BCUT2D eigenvalue weighted by Crippen LogP contribution is -2.32. The lowest BCUT2D eigenvalue weighted by Gasteiger charge is -2.16. The molecule has 0 saturated carbocycles. The summed E-state index contributed by atoms with van der Waals surface area (Å²) in [7, 11) is 1.75. The minimum Gasteiger partial charge on any atom is -0.383 e. The van der Waals surface area contributed by atoms with Crippen LogP contribution in [0.4, 0.5) is 0 Å². The predicted molar refractivity (Wildman–Crippen MR) is 60.6 cm³/mol. The number of methoxy groups -OCH3 is 1. The minimum atomic E-state index is 0.443. The Labute approximate surface area is 91.4 Å². The second-order valence-corrected chi connectivity index (χ2v) is 3.75. The van der Waals surface area contributed by atoms with E-state index in [2.05, 4.69) is 22.2 Å². The average molecular weight is 211 g/mol. The molecule has 4 heteroatoms. The van der Waals surface area contributed by atoms with Gasteiger partial charge < -0.3 is 15.0 Å². The van der Waals surface area contributed by atoms with Crippen molar-refractivity contribution in [1.29, 1.82) is 0 Å². The van der Waals surface area contributed by atoms with Crippen molar-refractivity contribution in [2.24, 2.45) is 0 Å². The first-order valence-corrected chi connectivity index (χ1v) is 5.56. The van der Waals surface area contributed by atoms with Gasteiger partial charge in [-0.1, -0.05) is 19.8 Å². The SMILES string of the molecule is CCCCC(COC)NCc1cnc[nH]1. The van der Waals surface area contributed by atoms with Crippen LogP contribution in [0.5, 0.6) is 0 Å². The molecule has 4 nitrogen and oxygen atoms in total. The fourth-order valence-electron chi connectivity index (χ4n) is 1.53. The largest absolute Gasteiger partial charge is 0.383 e. The van der Waals surface area contributed by atoms with E-state index in [1.165, 1.54) is 19.3 Å². The van der Waals surface area contributed by atoms with Crippen molar-refractivity contribution in [1.82, 2.24) is 15.3 Å². The first kappa shape index (κ1) is 12.2. The molecular formula is C11H21N3O. The second kappa shape index (κ2) is 7.43. The van der Waals surface area contributed by atoms with Gasteiger partial charge in [0.2, 0.25) is 0 Å². The Balaban J connectivity index is 2.24. The molecule has 1 unspecified atom stereocenters. The Hall–Kier alpha value is -0.870. The highest BCUT2D eigenvalue weighted by molar-refractivity contribution is 4.93. The monoisotopic (exact) mass is 211 g/mol. The zero-order chi connectivity index (χ0) is 10.9. The molecule has 0 aliphatic carbocycles. The molecule has 2 N–H and O–H groups in total. The molecule has 0 radical (unpaired) electrons. The first-order valence-electron chi connectivity index (χ1n) is 5.56. The van der Waals surface area contributed by atoms with Crippen LogP contribution < -0.4 is 5.32 Å². The highest BCUT2D eigenvalue weighted by Crippen LogP contribution is 2.02. The number of rotatable bonds is 8. The topological polar surface area (TPSA) is 49.9 Å². The van der Waals surface area contributed by atoms with Gasteiger partial charge in [0.25, 0.3) is 0 Å². The van der Waals surface area contributed by atoms with Crippen molar-refractivity contribution in [2.75, 3.05) is 13.7 Å². The van der Waals surface area contributed by atoms with E-state index in [0.29, 0.717) is 6.04 Å². The standard InChI is InChI=1S/C11H21N3O/c1-3-4-5-10(8-15-2)13-7-11-6-12-9-14-11/h6,9-10,13H,3-5,7-8H2,1-2H3,(H,12,14). The lowest BCUT2D eigenvalue weighted by atomic mass is 10.1. The molecule has 86 valence electrons. The van der Waals surface area contributed by atoms with Gasteiger partial charge in [0.05, 0.1) is 12.9 Å². The Morgan fingerprint density at radius 3 is 3.07 bits per heavy atom. The predicted octanol–water partition coefficient (Wildman–Crippen LogP) is 1.70. The average Bonchev–Trinajstić information content (AvgIpc) is 2.75. The maximum absolute atomic E-state index is 5.18. The van der Waals surface area contributed by atoms with Crippen LogP contribution in [-0.4, -0.2) is 29.7 Å². The fourth-order valence-corrected chi connectivity index (χ4v) is 1.53. The summed E-state index contributed by atoms with van der Waals surface area (Å²) in [4.78, 5) is 7.06. The summed E-state index contributed by atoms with van der Waals surface area (Å²) in [5.41, 5.74) is 1.12. The van der Waals surface area contributed by atoms with Crippen molar-refractivity contribution in [3.05, 3.63) is 18.2 Å². The van der Waals surface area contributed by atoms with Crippen LogP contribution in [0.15, 0.2) is 12.5 Å². The maximum Gasteiger partial charge on any atom is 0.0922 e. The zero-order valence-corrected chi connectivity index (χ0v) is 9.62. The molecule has 0 aromatic carbocycles. The first-order chi connectivity index (χ1) is 7.36. The Bertz CT molecular complexity index is 236. The Morgan fingerprint density at radius 1 is 1.60 bits per heavy atom.